The molecule has 0 unspecified atom stereocenters. The molecule has 2 heterocycles. The van der Waals surface area contributed by atoms with Crippen LogP contribution in [0.4, 0.5) is 6.01 Å². The maximum atomic E-state index is 12.3. The molecule has 2 aromatic heterocycles. The second-order valence-corrected chi connectivity index (χ2v) is 4.52. The predicted octanol–water partition coefficient (Wildman–Crippen LogP) is 2.81. The molecular weight excluding hydrogens is 254 g/mol. The van der Waals surface area contributed by atoms with Crippen LogP contribution >= 0.6 is 0 Å². The van der Waals surface area contributed by atoms with Gasteiger partial charge in [0.15, 0.2) is 5.58 Å². The Morgan fingerprint density at radius 1 is 1.20 bits per heavy atom. The second-order valence-electron chi connectivity index (χ2n) is 4.52. The standard InChI is InChI=1S/C15H13N3O2/c1-10-7-8-11(9-16-10)14(19)18(2)15-17-12-5-3-4-6-13(12)20-15/h3-9H,1-2H3. The number of carbonyl (C=O) groups excluding carboxylic acids is 1. The number of hydrogen-bond acceptors (Lipinski definition) is 4. The van der Waals surface area contributed by atoms with Crippen molar-refractivity contribution in [1.29, 1.82) is 0 Å². The van der Waals surface area contributed by atoms with E-state index in [2.05, 4.69) is 9.97 Å². The summed E-state index contributed by atoms with van der Waals surface area (Å²) in [5.41, 5.74) is 2.75. The molecule has 0 aliphatic heterocycles. The molecule has 3 aromatic rings. The van der Waals surface area contributed by atoms with Crippen molar-refractivity contribution in [2.24, 2.45) is 0 Å². The van der Waals surface area contributed by atoms with E-state index in [1.807, 2.05) is 31.2 Å². The molecule has 0 N–H and O–H groups in total. The van der Waals surface area contributed by atoms with Crippen LogP contribution in [0.2, 0.25) is 0 Å². The highest BCUT2D eigenvalue weighted by atomic mass is 16.4. The summed E-state index contributed by atoms with van der Waals surface area (Å²) < 4.78 is 5.57. The van der Waals surface area contributed by atoms with Gasteiger partial charge in [0.05, 0.1) is 5.56 Å². The SMILES string of the molecule is Cc1ccc(C(=O)N(C)c2nc3ccccc3o2)cn1. The van der Waals surface area contributed by atoms with Gasteiger partial charge in [-0.3, -0.25) is 14.7 Å². The number of oxazole rings is 1. The average molecular weight is 267 g/mol. The summed E-state index contributed by atoms with van der Waals surface area (Å²) in [5.74, 6) is -0.205. The van der Waals surface area contributed by atoms with Crippen LogP contribution < -0.4 is 4.90 Å². The Hall–Kier alpha value is -2.69. The van der Waals surface area contributed by atoms with E-state index in [0.29, 0.717) is 11.1 Å². The molecule has 1 amide bonds. The van der Waals surface area contributed by atoms with Gasteiger partial charge in [0.1, 0.15) is 5.52 Å². The van der Waals surface area contributed by atoms with Crippen LogP contribution in [0.15, 0.2) is 47.0 Å². The summed E-state index contributed by atoms with van der Waals surface area (Å²) in [7, 11) is 1.63. The van der Waals surface area contributed by atoms with E-state index in [9.17, 15) is 4.79 Å². The average Bonchev–Trinajstić information content (AvgIpc) is 2.90. The number of hydrogen-bond donors (Lipinski definition) is 0. The van der Waals surface area contributed by atoms with Gasteiger partial charge >= 0.3 is 6.01 Å². The highest BCUT2D eigenvalue weighted by Gasteiger charge is 2.18. The molecule has 0 aliphatic carbocycles. The lowest BCUT2D eigenvalue weighted by Gasteiger charge is -2.12. The molecule has 0 fully saturated rings. The maximum Gasteiger partial charge on any atom is 0.305 e. The first-order valence-electron chi connectivity index (χ1n) is 6.21. The third kappa shape index (κ3) is 2.14. The van der Waals surface area contributed by atoms with Crippen LogP contribution in [-0.4, -0.2) is 22.9 Å². The molecular formula is C15H13N3O2. The Morgan fingerprint density at radius 2 is 2.00 bits per heavy atom. The number of aryl methyl sites for hydroxylation is 1. The molecule has 1 aromatic carbocycles. The van der Waals surface area contributed by atoms with Crippen molar-refractivity contribution >= 4 is 23.0 Å². The number of rotatable bonds is 2. The zero-order chi connectivity index (χ0) is 14.1. The van der Waals surface area contributed by atoms with Crippen LogP contribution in [0, 0.1) is 6.92 Å². The van der Waals surface area contributed by atoms with Gasteiger partial charge in [-0.15, -0.1) is 0 Å². The Labute approximate surface area is 115 Å². The van der Waals surface area contributed by atoms with E-state index < -0.39 is 0 Å². The molecule has 0 atom stereocenters. The molecule has 0 bridgehead atoms. The fraction of sp³-hybridized carbons (Fsp3) is 0.133. The normalized spacial score (nSPS) is 10.7. The minimum absolute atomic E-state index is 0.205. The Balaban J connectivity index is 1.93. The van der Waals surface area contributed by atoms with Crippen molar-refractivity contribution in [3.63, 3.8) is 0 Å². The zero-order valence-electron chi connectivity index (χ0n) is 11.2. The number of nitrogens with zero attached hydrogens (tertiary/aromatic N) is 3. The van der Waals surface area contributed by atoms with E-state index in [1.165, 1.54) is 4.90 Å². The van der Waals surface area contributed by atoms with Crippen LogP contribution in [0.1, 0.15) is 16.1 Å². The van der Waals surface area contributed by atoms with E-state index in [0.717, 1.165) is 11.2 Å². The van der Waals surface area contributed by atoms with Crippen molar-refractivity contribution in [2.45, 2.75) is 6.92 Å². The van der Waals surface area contributed by atoms with E-state index in [4.69, 9.17) is 4.42 Å². The number of amides is 1. The monoisotopic (exact) mass is 267 g/mol. The number of fused-ring (bicyclic) bond motifs is 1. The molecule has 3 rings (SSSR count). The molecule has 20 heavy (non-hydrogen) atoms. The van der Waals surface area contributed by atoms with Gasteiger partial charge in [0.25, 0.3) is 5.91 Å². The zero-order valence-corrected chi connectivity index (χ0v) is 11.2. The lowest BCUT2D eigenvalue weighted by molar-refractivity contribution is 0.0988. The van der Waals surface area contributed by atoms with E-state index in [1.54, 1.807) is 25.4 Å². The van der Waals surface area contributed by atoms with Gasteiger partial charge < -0.3 is 4.42 Å². The highest BCUT2D eigenvalue weighted by molar-refractivity contribution is 6.04. The minimum Gasteiger partial charge on any atom is -0.423 e. The van der Waals surface area contributed by atoms with Gasteiger partial charge in [0.2, 0.25) is 0 Å². The highest BCUT2D eigenvalue weighted by Crippen LogP contribution is 2.21. The van der Waals surface area contributed by atoms with Crippen molar-refractivity contribution < 1.29 is 9.21 Å². The quantitative estimate of drug-likeness (QED) is 0.716. The van der Waals surface area contributed by atoms with Crippen molar-refractivity contribution in [1.82, 2.24) is 9.97 Å². The van der Waals surface area contributed by atoms with Crippen LogP contribution in [0.25, 0.3) is 11.1 Å². The third-order valence-corrected chi connectivity index (χ3v) is 3.03. The van der Waals surface area contributed by atoms with Crippen molar-refractivity contribution in [2.75, 3.05) is 11.9 Å². The number of benzene rings is 1. The van der Waals surface area contributed by atoms with Crippen LogP contribution in [0.3, 0.4) is 0 Å². The number of carbonyl (C=O) groups is 1. The molecule has 5 nitrogen and oxygen atoms in total. The van der Waals surface area contributed by atoms with Gasteiger partial charge in [-0.1, -0.05) is 12.1 Å². The molecule has 0 saturated carbocycles. The fourth-order valence-electron chi connectivity index (χ4n) is 1.88. The maximum absolute atomic E-state index is 12.3. The first-order valence-corrected chi connectivity index (χ1v) is 6.21. The summed E-state index contributed by atoms with van der Waals surface area (Å²) in [6, 6.07) is 11.2. The molecule has 0 radical (unpaired) electrons. The Kier molecular flexibility index (Phi) is 2.95. The van der Waals surface area contributed by atoms with Crippen LogP contribution in [0.5, 0.6) is 0 Å². The summed E-state index contributed by atoms with van der Waals surface area (Å²) in [6.45, 7) is 1.87. The van der Waals surface area contributed by atoms with Gasteiger partial charge in [-0.05, 0) is 31.2 Å². The van der Waals surface area contributed by atoms with Crippen molar-refractivity contribution in [3.8, 4) is 0 Å². The Bertz CT molecular complexity index is 729. The Morgan fingerprint density at radius 3 is 2.70 bits per heavy atom. The summed E-state index contributed by atoms with van der Waals surface area (Å²) in [4.78, 5) is 22.1. The van der Waals surface area contributed by atoms with Gasteiger partial charge in [-0.2, -0.15) is 4.98 Å². The smallest absolute Gasteiger partial charge is 0.305 e. The molecule has 0 saturated heterocycles. The third-order valence-electron chi connectivity index (χ3n) is 3.03. The van der Waals surface area contributed by atoms with Crippen molar-refractivity contribution in [3.05, 3.63) is 53.9 Å². The second kappa shape index (κ2) is 4.77. The lowest BCUT2D eigenvalue weighted by Crippen LogP contribution is -2.26. The predicted molar refractivity (Wildman–Crippen MR) is 75.7 cm³/mol. The van der Waals surface area contributed by atoms with Gasteiger partial charge in [-0.25, -0.2) is 0 Å². The first-order chi connectivity index (χ1) is 9.65. The summed E-state index contributed by atoms with van der Waals surface area (Å²) in [5, 5.41) is 0. The van der Waals surface area contributed by atoms with E-state index in [-0.39, 0.29) is 11.9 Å². The summed E-state index contributed by atoms with van der Waals surface area (Å²) >= 11 is 0. The molecule has 0 aliphatic rings. The molecule has 100 valence electrons. The largest absolute Gasteiger partial charge is 0.423 e. The molecule has 0 spiro atoms. The summed E-state index contributed by atoms with van der Waals surface area (Å²) in [6.07, 6.45) is 1.55. The fourth-order valence-corrected chi connectivity index (χ4v) is 1.88. The topological polar surface area (TPSA) is 59.2 Å². The number of anilines is 1. The van der Waals surface area contributed by atoms with Gasteiger partial charge in [0, 0.05) is 18.9 Å². The first kappa shape index (κ1) is 12.3. The van der Waals surface area contributed by atoms with E-state index >= 15 is 0 Å². The number of aromatic nitrogens is 2. The minimum atomic E-state index is -0.205. The number of pyridine rings is 1. The lowest BCUT2D eigenvalue weighted by atomic mass is 10.2. The number of para-hydroxylation sites is 2. The van der Waals surface area contributed by atoms with Crippen LogP contribution in [-0.2, 0) is 0 Å². The molecule has 5 heteroatoms.